The van der Waals surface area contributed by atoms with Crippen LogP contribution in [-0.4, -0.2) is 19.8 Å². The molecule has 0 radical (unpaired) electrons. The molecule has 0 unspecified atom stereocenters. The van der Waals surface area contributed by atoms with Gasteiger partial charge in [-0.15, -0.1) is 0 Å². The monoisotopic (exact) mass is 305 g/mol. The summed E-state index contributed by atoms with van der Waals surface area (Å²) < 4.78 is 25.4. The van der Waals surface area contributed by atoms with Crippen molar-refractivity contribution in [2.24, 2.45) is 5.90 Å². The Morgan fingerprint density at radius 1 is 1.41 bits per heavy atom. The first-order valence-electron chi connectivity index (χ1n) is 5.32. The predicted octanol–water partition coefficient (Wildman–Crippen LogP) is 2.18. The minimum absolute atomic E-state index is 0.225. The lowest BCUT2D eigenvalue weighted by Crippen LogP contribution is -2.08. The number of halogens is 2. The molecule has 0 bridgehead atoms. The van der Waals surface area contributed by atoms with Crippen molar-refractivity contribution in [1.82, 2.24) is 0 Å². The summed E-state index contributed by atoms with van der Waals surface area (Å²) in [4.78, 5) is 4.48. The highest BCUT2D eigenvalue weighted by atomic mass is 79.9. The molecule has 17 heavy (non-hydrogen) atoms. The zero-order valence-corrected chi connectivity index (χ0v) is 10.8. The van der Waals surface area contributed by atoms with Crippen LogP contribution in [0.2, 0.25) is 0 Å². The van der Waals surface area contributed by atoms with Crippen molar-refractivity contribution in [3.63, 3.8) is 0 Å². The van der Waals surface area contributed by atoms with Gasteiger partial charge in [0, 0.05) is 24.5 Å². The van der Waals surface area contributed by atoms with Gasteiger partial charge in [0.1, 0.15) is 5.82 Å². The van der Waals surface area contributed by atoms with Crippen LogP contribution < -0.4 is 15.4 Å². The van der Waals surface area contributed by atoms with E-state index < -0.39 is 0 Å². The van der Waals surface area contributed by atoms with Gasteiger partial charge in [-0.1, -0.05) is 0 Å². The number of benzene rings is 1. The third kappa shape index (κ3) is 2.70. The molecule has 0 aliphatic carbocycles. The van der Waals surface area contributed by atoms with Crippen molar-refractivity contribution in [3.8, 4) is 11.5 Å². The van der Waals surface area contributed by atoms with Gasteiger partial charge in [-0.05, 0) is 15.9 Å². The molecule has 0 amide bonds. The number of rotatable bonds is 3. The van der Waals surface area contributed by atoms with Gasteiger partial charge in [-0.25, -0.2) is 10.3 Å². The van der Waals surface area contributed by atoms with E-state index in [1.165, 1.54) is 0 Å². The Labute approximate surface area is 107 Å². The Morgan fingerprint density at radius 2 is 2.18 bits per heavy atom. The van der Waals surface area contributed by atoms with Gasteiger partial charge >= 0.3 is 0 Å². The summed E-state index contributed by atoms with van der Waals surface area (Å²) in [7, 11) is 0. The highest BCUT2D eigenvalue weighted by Gasteiger charge is 2.21. The maximum atomic E-state index is 14.0. The summed E-state index contributed by atoms with van der Waals surface area (Å²) in [5, 5.41) is 0. The van der Waals surface area contributed by atoms with E-state index in [1.54, 1.807) is 6.07 Å². The molecule has 1 aliphatic rings. The lowest BCUT2D eigenvalue weighted by molar-refractivity contribution is 0.139. The van der Waals surface area contributed by atoms with Gasteiger partial charge in [-0.3, -0.25) is 0 Å². The molecule has 0 fully saturated rings. The quantitative estimate of drug-likeness (QED) is 0.870. The van der Waals surface area contributed by atoms with Gasteiger partial charge < -0.3 is 14.3 Å². The lowest BCUT2D eigenvalue weighted by Gasteiger charge is -2.14. The lowest BCUT2D eigenvalue weighted by atomic mass is 10.1. The molecule has 0 saturated carbocycles. The van der Waals surface area contributed by atoms with E-state index in [0.29, 0.717) is 41.2 Å². The average Bonchev–Trinajstić information content (AvgIpc) is 2.55. The summed E-state index contributed by atoms with van der Waals surface area (Å²) in [6, 6.07) is 1.59. The van der Waals surface area contributed by atoms with E-state index in [4.69, 9.17) is 15.4 Å². The van der Waals surface area contributed by atoms with Crippen molar-refractivity contribution in [1.29, 1.82) is 0 Å². The molecule has 2 rings (SSSR count). The maximum absolute atomic E-state index is 14.0. The topological polar surface area (TPSA) is 53.7 Å². The van der Waals surface area contributed by atoms with Gasteiger partial charge in [0.2, 0.25) is 0 Å². The normalized spacial score (nSPS) is 14.5. The molecule has 0 spiro atoms. The average molecular weight is 306 g/mol. The zero-order chi connectivity index (χ0) is 12.3. The summed E-state index contributed by atoms with van der Waals surface area (Å²) in [5.41, 5.74) is 0.432. The van der Waals surface area contributed by atoms with Gasteiger partial charge in [0.15, 0.2) is 11.5 Å². The number of fused-ring (bicyclic) bond motifs is 1. The Balaban J connectivity index is 2.42. The number of ether oxygens (including phenoxy) is 2. The molecule has 6 heteroatoms. The molecule has 4 nitrogen and oxygen atoms in total. The fourth-order valence-corrected chi connectivity index (χ4v) is 2.15. The molecule has 2 N–H and O–H groups in total. The molecular formula is C11H13BrFNO3. The fourth-order valence-electron chi connectivity index (χ4n) is 1.70. The Kier molecular flexibility index (Phi) is 4.20. The number of nitrogens with two attached hydrogens (primary N) is 1. The van der Waals surface area contributed by atoms with Crippen LogP contribution in [-0.2, 0) is 11.3 Å². The number of hydrogen-bond donors (Lipinski definition) is 1. The van der Waals surface area contributed by atoms with Crippen LogP contribution in [0.15, 0.2) is 10.5 Å². The molecule has 1 aliphatic heterocycles. The van der Waals surface area contributed by atoms with Crippen LogP contribution in [0.1, 0.15) is 12.0 Å². The Bertz CT molecular complexity index is 414. The smallest absolute Gasteiger partial charge is 0.167 e. The zero-order valence-electron chi connectivity index (χ0n) is 9.17. The highest BCUT2D eigenvalue weighted by Crippen LogP contribution is 2.39. The first-order valence-corrected chi connectivity index (χ1v) is 6.11. The van der Waals surface area contributed by atoms with Crippen LogP contribution in [0.25, 0.3) is 0 Å². The molecular weight excluding hydrogens is 293 g/mol. The van der Waals surface area contributed by atoms with Gasteiger partial charge in [-0.2, -0.15) is 0 Å². The third-order valence-corrected chi connectivity index (χ3v) is 3.07. The summed E-state index contributed by atoms with van der Waals surface area (Å²) in [6.45, 7) is 1.31. The standard InChI is InChI=1S/C11H13BrFNO3/c12-8-6-9-11(16-4-1-3-15-9)7(10(8)13)2-5-17-14/h6H,1-5,14H2. The second kappa shape index (κ2) is 5.66. The van der Waals surface area contributed by atoms with Crippen molar-refractivity contribution < 1.29 is 18.7 Å². The predicted molar refractivity (Wildman–Crippen MR) is 63.6 cm³/mol. The molecule has 0 atom stereocenters. The first kappa shape index (κ1) is 12.6. The van der Waals surface area contributed by atoms with Crippen molar-refractivity contribution in [2.45, 2.75) is 12.8 Å². The summed E-state index contributed by atoms with van der Waals surface area (Å²) >= 11 is 3.16. The maximum Gasteiger partial charge on any atom is 0.167 e. The van der Waals surface area contributed by atoms with Crippen molar-refractivity contribution in [2.75, 3.05) is 19.8 Å². The van der Waals surface area contributed by atoms with Crippen LogP contribution >= 0.6 is 15.9 Å². The van der Waals surface area contributed by atoms with Gasteiger partial charge in [0.05, 0.1) is 24.3 Å². The van der Waals surface area contributed by atoms with Crippen molar-refractivity contribution >= 4 is 15.9 Å². The summed E-state index contributed by atoms with van der Waals surface area (Å²) in [5.74, 6) is 5.63. The third-order valence-electron chi connectivity index (χ3n) is 2.49. The molecule has 0 aromatic heterocycles. The number of hydrogen-bond acceptors (Lipinski definition) is 4. The van der Waals surface area contributed by atoms with E-state index in [-0.39, 0.29) is 12.4 Å². The van der Waals surface area contributed by atoms with Gasteiger partial charge in [0.25, 0.3) is 0 Å². The van der Waals surface area contributed by atoms with E-state index in [0.717, 1.165) is 6.42 Å². The van der Waals surface area contributed by atoms with E-state index >= 15 is 0 Å². The van der Waals surface area contributed by atoms with E-state index in [9.17, 15) is 4.39 Å². The molecule has 94 valence electrons. The highest BCUT2D eigenvalue weighted by molar-refractivity contribution is 9.10. The minimum Gasteiger partial charge on any atom is -0.490 e. The van der Waals surface area contributed by atoms with Crippen LogP contribution in [0.5, 0.6) is 11.5 Å². The van der Waals surface area contributed by atoms with Crippen LogP contribution in [0, 0.1) is 5.82 Å². The molecule has 0 saturated heterocycles. The Hall–Kier alpha value is -0.850. The summed E-state index contributed by atoms with van der Waals surface area (Å²) in [6.07, 6.45) is 1.12. The van der Waals surface area contributed by atoms with E-state index in [1.807, 2.05) is 0 Å². The second-order valence-corrected chi connectivity index (χ2v) is 4.50. The molecule has 1 aromatic carbocycles. The first-order chi connectivity index (χ1) is 8.24. The minimum atomic E-state index is -0.355. The molecule has 1 aromatic rings. The fraction of sp³-hybridized carbons (Fsp3) is 0.455. The van der Waals surface area contributed by atoms with Crippen LogP contribution in [0.4, 0.5) is 4.39 Å². The second-order valence-electron chi connectivity index (χ2n) is 3.65. The molecule has 1 heterocycles. The van der Waals surface area contributed by atoms with Crippen LogP contribution in [0.3, 0.4) is 0 Å². The largest absolute Gasteiger partial charge is 0.490 e. The Morgan fingerprint density at radius 3 is 2.94 bits per heavy atom. The van der Waals surface area contributed by atoms with Crippen molar-refractivity contribution in [3.05, 3.63) is 21.9 Å². The SMILES string of the molecule is NOCCc1c(F)c(Br)cc2c1OCCCO2. The van der Waals surface area contributed by atoms with E-state index in [2.05, 4.69) is 20.8 Å².